The van der Waals surface area contributed by atoms with Crippen LogP contribution in [0.25, 0.3) is 0 Å². The van der Waals surface area contributed by atoms with E-state index in [0.29, 0.717) is 0 Å². The van der Waals surface area contributed by atoms with Crippen molar-refractivity contribution >= 4 is 5.69 Å². The summed E-state index contributed by atoms with van der Waals surface area (Å²) in [5, 5.41) is 7.29. The quantitative estimate of drug-likeness (QED) is 0.867. The molecule has 0 fully saturated rings. The molecule has 0 saturated heterocycles. The van der Waals surface area contributed by atoms with Gasteiger partial charge in [0, 0.05) is 50.8 Å². The first-order valence-electron chi connectivity index (χ1n) is 5.96. The third kappa shape index (κ3) is 3.30. The molecule has 0 amide bonds. The summed E-state index contributed by atoms with van der Waals surface area (Å²) in [6, 6.07) is 4.03. The Hall–Kier alpha value is -1.88. The minimum atomic E-state index is 0.824. The molecule has 0 aliphatic heterocycles. The average Bonchev–Trinajstić information content (AvgIpc) is 2.74. The summed E-state index contributed by atoms with van der Waals surface area (Å²) in [5.74, 6) is 0. The number of nitrogens with zero attached hydrogens (tertiary/aromatic N) is 4. The predicted molar refractivity (Wildman–Crippen MR) is 72.2 cm³/mol. The zero-order valence-electron chi connectivity index (χ0n) is 11.1. The van der Waals surface area contributed by atoms with Crippen LogP contribution < -0.4 is 5.32 Å². The Balaban J connectivity index is 1.96. The molecule has 2 rings (SSSR count). The van der Waals surface area contributed by atoms with E-state index in [1.807, 2.05) is 43.4 Å². The van der Waals surface area contributed by atoms with Crippen molar-refractivity contribution in [1.29, 1.82) is 0 Å². The molecule has 0 aliphatic carbocycles. The number of pyridine rings is 1. The minimum absolute atomic E-state index is 0.824. The molecule has 1 N–H and O–H groups in total. The van der Waals surface area contributed by atoms with E-state index in [0.717, 1.165) is 24.5 Å². The molecule has 5 nitrogen and oxygen atoms in total. The van der Waals surface area contributed by atoms with Crippen LogP contribution in [0.4, 0.5) is 5.69 Å². The van der Waals surface area contributed by atoms with Crippen molar-refractivity contribution in [1.82, 2.24) is 19.7 Å². The number of aromatic nitrogens is 3. The van der Waals surface area contributed by atoms with Gasteiger partial charge in [0.2, 0.25) is 0 Å². The summed E-state index contributed by atoms with van der Waals surface area (Å²) in [5.41, 5.74) is 3.37. The summed E-state index contributed by atoms with van der Waals surface area (Å²) in [4.78, 5) is 6.59. The number of hydrogen-bond acceptors (Lipinski definition) is 4. The van der Waals surface area contributed by atoms with Crippen LogP contribution in [0, 0.1) is 0 Å². The van der Waals surface area contributed by atoms with E-state index in [1.54, 1.807) is 0 Å². The SMILES string of the molecule is CNc1ccnc(CN(C)Cc2cnn(C)c2)c1. The van der Waals surface area contributed by atoms with Crippen LogP contribution in [-0.4, -0.2) is 33.8 Å². The van der Waals surface area contributed by atoms with E-state index in [4.69, 9.17) is 0 Å². The highest BCUT2D eigenvalue weighted by atomic mass is 15.2. The number of hydrogen-bond donors (Lipinski definition) is 1. The van der Waals surface area contributed by atoms with E-state index in [-0.39, 0.29) is 0 Å². The Morgan fingerprint density at radius 3 is 2.89 bits per heavy atom. The van der Waals surface area contributed by atoms with E-state index in [9.17, 15) is 0 Å². The van der Waals surface area contributed by atoms with Crippen molar-refractivity contribution in [2.75, 3.05) is 19.4 Å². The molecule has 0 atom stereocenters. The van der Waals surface area contributed by atoms with E-state index in [2.05, 4.69) is 33.4 Å². The van der Waals surface area contributed by atoms with Gasteiger partial charge in [-0.2, -0.15) is 5.10 Å². The van der Waals surface area contributed by atoms with Gasteiger partial charge in [-0.15, -0.1) is 0 Å². The second kappa shape index (κ2) is 5.64. The molecule has 5 heteroatoms. The lowest BCUT2D eigenvalue weighted by molar-refractivity contribution is 0.315. The molecule has 0 spiro atoms. The molecule has 2 heterocycles. The van der Waals surface area contributed by atoms with Crippen LogP contribution in [0.5, 0.6) is 0 Å². The fourth-order valence-corrected chi connectivity index (χ4v) is 1.92. The van der Waals surface area contributed by atoms with Crippen molar-refractivity contribution in [3.05, 3.63) is 42.0 Å². The zero-order valence-corrected chi connectivity index (χ0v) is 11.1. The van der Waals surface area contributed by atoms with Crippen molar-refractivity contribution in [3.8, 4) is 0 Å². The van der Waals surface area contributed by atoms with Crippen LogP contribution in [0.1, 0.15) is 11.3 Å². The maximum atomic E-state index is 4.37. The van der Waals surface area contributed by atoms with Gasteiger partial charge in [0.1, 0.15) is 0 Å². The molecule has 0 saturated carbocycles. The normalized spacial score (nSPS) is 10.9. The summed E-state index contributed by atoms with van der Waals surface area (Å²) < 4.78 is 1.82. The van der Waals surface area contributed by atoms with Crippen LogP contribution in [0.15, 0.2) is 30.7 Å². The largest absolute Gasteiger partial charge is 0.388 e. The standard InChI is InChI=1S/C13H19N5/c1-14-12-4-5-15-13(6-12)10-17(2)8-11-7-16-18(3)9-11/h4-7,9H,8,10H2,1-3H3,(H,14,15). The second-order valence-electron chi connectivity index (χ2n) is 4.48. The third-order valence-corrected chi connectivity index (χ3v) is 2.75. The molecule has 0 bridgehead atoms. The Kier molecular flexibility index (Phi) is 3.94. The Bertz CT molecular complexity index is 506. The average molecular weight is 245 g/mol. The van der Waals surface area contributed by atoms with Gasteiger partial charge < -0.3 is 5.32 Å². The number of aryl methyl sites for hydroxylation is 1. The Labute approximate surface area is 107 Å². The molecule has 0 unspecified atom stereocenters. The van der Waals surface area contributed by atoms with Crippen LogP contribution in [-0.2, 0) is 20.1 Å². The molecule has 0 aromatic carbocycles. The maximum Gasteiger partial charge on any atom is 0.0564 e. The topological polar surface area (TPSA) is 46.0 Å². The lowest BCUT2D eigenvalue weighted by Crippen LogP contribution is -2.17. The monoisotopic (exact) mass is 245 g/mol. The highest BCUT2D eigenvalue weighted by Crippen LogP contribution is 2.10. The van der Waals surface area contributed by atoms with Crippen LogP contribution in [0.3, 0.4) is 0 Å². The Morgan fingerprint density at radius 2 is 2.22 bits per heavy atom. The van der Waals surface area contributed by atoms with Crippen molar-refractivity contribution < 1.29 is 0 Å². The van der Waals surface area contributed by atoms with E-state index >= 15 is 0 Å². The fourth-order valence-electron chi connectivity index (χ4n) is 1.92. The van der Waals surface area contributed by atoms with Crippen molar-refractivity contribution in [2.24, 2.45) is 7.05 Å². The van der Waals surface area contributed by atoms with Crippen molar-refractivity contribution in [3.63, 3.8) is 0 Å². The molecule has 2 aromatic heterocycles. The van der Waals surface area contributed by atoms with Gasteiger partial charge in [0.25, 0.3) is 0 Å². The molecular weight excluding hydrogens is 226 g/mol. The predicted octanol–water partition coefficient (Wildman–Crippen LogP) is 1.49. The van der Waals surface area contributed by atoms with E-state index in [1.165, 1.54) is 5.56 Å². The van der Waals surface area contributed by atoms with Crippen LogP contribution in [0.2, 0.25) is 0 Å². The smallest absolute Gasteiger partial charge is 0.0564 e. The molecule has 0 radical (unpaired) electrons. The fraction of sp³-hybridized carbons (Fsp3) is 0.385. The van der Waals surface area contributed by atoms with Gasteiger partial charge in [-0.05, 0) is 19.2 Å². The number of rotatable bonds is 5. The minimum Gasteiger partial charge on any atom is -0.388 e. The molecule has 0 aliphatic rings. The van der Waals surface area contributed by atoms with Gasteiger partial charge in [-0.3, -0.25) is 14.6 Å². The first kappa shape index (κ1) is 12.6. The lowest BCUT2D eigenvalue weighted by atomic mass is 10.3. The van der Waals surface area contributed by atoms with Gasteiger partial charge in [0.15, 0.2) is 0 Å². The highest BCUT2D eigenvalue weighted by Gasteiger charge is 2.04. The highest BCUT2D eigenvalue weighted by molar-refractivity contribution is 5.42. The summed E-state index contributed by atoms with van der Waals surface area (Å²) >= 11 is 0. The second-order valence-corrected chi connectivity index (χ2v) is 4.48. The molecule has 18 heavy (non-hydrogen) atoms. The molecular formula is C13H19N5. The summed E-state index contributed by atoms with van der Waals surface area (Å²) in [6.07, 6.45) is 5.76. The van der Waals surface area contributed by atoms with Crippen LogP contribution >= 0.6 is 0 Å². The Morgan fingerprint density at radius 1 is 1.39 bits per heavy atom. The maximum absolute atomic E-state index is 4.37. The lowest BCUT2D eigenvalue weighted by Gasteiger charge is -2.15. The first-order valence-corrected chi connectivity index (χ1v) is 5.96. The number of anilines is 1. The van der Waals surface area contributed by atoms with Gasteiger partial charge >= 0.3 is 0 Å². The van der Waals surface area contributed by atoms with Crippen molar-refractivity contribution in [2.45, 2.75) is 13.1 Å². The first-order chi connectivity index (χ1) is 8.67. The summed E-state index contributed by atoms with van der Waals surface area (Å²) in [6.45, 7) is 1.70. The van der Waals surface area contributed by atoms with Gasteiger partial charge in [-0.1, -0.05) is 0 Å². The van der Waals surface area contributed by atoms with Gasteiger partial charge in [-0.25, -0.2) is 0 Å². The molecule has 96 valence electrons. The summed E-state index contributed by atoms with van der Waals surface area (Å²) in [7, 11) is 5.93. The molecule has 2 aromatic rings. The third-order valence-electron chi connectivity index (χ3n) is 2.75. The zero-order chi connectivity index (χ0) is 13.0. The number of nitrogens with one attached hydrogen (secondary N) is 1. The van der Waals surface area contributed by atoms with E-state index < -0.39 is 0 Å². The van der Waals surface area contributed by atoms with Gasteiger partial charge in [0.05, 0.1) is 11.9 Å².